The van der Waals surface area contributed by atoms with Gasteiger partial charge in [0, 0.05) is 38.4 Å². The van der Waals surface area contributed by atoms with E-state index < -0.39 is 10.0 Å². The lowest BCUT2D eigenvalue weighted by molar-refractivity contribution is 0.313. The van der Waals surface area contributed by atoms with E-state index in [0.717, 1.165) is 50.3 Å². The van der Waals surface area contributed by atoms with Crippen LogP contribution in [0.2, 0.25) is 0 Å². The Labute approximate surface area is 180 Å². The summed E-state index contributed by atoms with van der Waals surface area (Å²) in [5, 5.41) is 0. The van der Waals surface area contributed by atoms with Crippen molar-refractivity contribution >= 4 is 15.7 Å². The van der Waals surface area contributed by atoms with Gasteiger partial charge in [-0.3, -0.25) is 0 Å². The summed E-state index contributed by atoms with van der Waals surface area (Å²) in [5.41, 5.74) is 3.50. The monoisotopic (exact) mass is 431 g/mol. The molecule has 1 aliphatic heterocycles. The lowest BCUT2D eigenvalue weighted by Gasteiger charge is -2.34. The zero-order valence-corrected chi connectivity index (χ0v) is 18.8. The number of piperazine rings is 1. The van der Waals surface area contributed by atoms with Gasteiger partial charge in [-0.15, -0.1) is 0 Å². The van der Waals surface area contributed by atoms with Crippen molar-refractivity contribution in [2.75, 3.05) is 57.5 Å². The molecule has 0 radical (unpaired) electrons. The molecule has 0 spiro atoms. The van der Waals surface area contributed by atoms with Crippen molar-refractivity contribution in [2.45, 2.75) is 19.3 Å². The number of hydrogen-bond donors (Lipinski definition) is 1. The van der Waals surface area contributed by atoms with Crippen molar-refractivity contribution in [2.24, 2.45) is 0 Å². The number of likely N-dealkylation sites (N-methyl/N-ethyl adjacent to an activating group) is 1. The second-order valence-electron chi connectivity index (χ2n) is 7.87. The van der Waals surface area contributed by atoms with Crippen LogP contribution in [-0.4, -0.2) is 66.0 Å². The number of rotatable bonds is 10. The van der Waals surface area contributed by atoms with E-state index in [1.165, 1.54) is 11.3 Å². The van der Waals surface area contributed by atoms with Gasteiger partial charge in [0.1, 0.15) is 5.75 Å². The first-order chi connectivity index (χ1) is 14.4. The SMILES string of the molecule is COc1ccc(CCS(=O)(=O)NCCCc2ccc(N3CCN(C)CC3)cc2)cc1. The Bertz CT molecular complexity index is 875. The Morgan fingerprint density at radius 2 is 1.50 bits per heavy atom. The number of methoxy groups -OCH3 is 1. The standard InChI is InChI=1S/C23H33N3O3S/c1-25-15-17-26(18-16-25)22-9-5-20(6-10-22)4-3-14-24-30(27,28)19-13-21-7-11-23(29-2)12-8-21/h5-12,24H,3-4,13-19H2,1-2H3. The van der Waals surface area contributed by atoms with E-state index in [1.54, 1.807) is 7.11 Å². The number of ether oxygens (including phenoxy) is 1. The van der Waals surface area contributed by atoms with Crippen LogP contribution in [0.5, 0.6) is 5.75 Å². The van der Waals surface area contributed by atoms with Gasteiger partial charge < -0.3 is 14.5 Å². The van der Waals surface area contributed by atoms with E-state index in [4.69, 9.17) is 4.74 Å². The van der Waals surface area contributed by atoms with Crippen LogP contribution >= 0.6 is 0 Å². The third-order valence-corrected chi connectivity index (χ3v) is 6.97. The van der Waals surface area contributed by atoms with Gasteiger partial charge in [-0.1, -0.05) is 24.3 Å². The van der Waals surface area contributed by atoms with Gasteiger partial charge in [-0.2, -0.15) is 0 Å². The summed E-state index contributed by atoms with van der Waals surface area (Å²) in [6, 6.07) is 16.2. The van der Waals surface area contributed by atoms with Crippen molar-refractivity contribution in [1.82, 2.24) is 9.62 Å². The molecule has 0 aromatic heterocycles. The predicted octanol–water partition coefficient (Wildman–Crippen LogP) is 2.54. The van der Waals surface area contributed by atoms with Gasteiger partial charge in [-0.25, -0.2) is 13.1 Å². The number of hydrogen-bond acceptors (Lipinski definition) is 5. The van der Waals surface area contributed by atoms with E-state index in [-0.39, 0.29) is 5.75 Å². The number of nitrogens with zero attached hydrogens (tertiary/aromatic N) is 2. The van der Waals surface area contributed by atoms with Crippen molar-refractivity contribution in [1.29, 1.82) is 0 Å². The van der Waals surface area contributed by atoms with Gasteiger partial charge >= 0.3 is 0 Å². The highest BCUT2D eigenvalue weighted by molar-refractivity contribution is 7.89. The molecule has 2 aromatic rings. The maximum Gasteiger partial charge on any atom is 0.211 e. The van der Waals surface area contributed by atoms with Crippen LogP contribution in [0.15, 0.2) is 48.5 Å². The Morgan fingerprint density at radius 3 is 2.13 bits per heavy atom. The summed E-state index contributed by atoms with van der Waals surface area (Å²) in [5.74, 6) is 0.871. The number of nitrogens with one attached hydrogen (secondary N) is 1. The molecule has 0 unspecified atom stereocenters. The van der Waals surface area contributed by atoms with Crippen molar-refractivity contribution < 1.29 is 13.2 Å². The quantitative estimate of drug-likeness (QED) is 0.586. The smallest absolute Gasteiger partial charge is 0.211 e. The minimum absolute atomic E-state index is 0.0963. The zero-order valence-electron chi connectivity index (χ0n) is 18.0. The minimum Gasteiger partial charge on any atom is -0.497 e. The molecule has 164 valence electrons. The molecular weight excluding hydrogens is 398 g/mol. The number of sulfonamides is 1. The molecule has 1 aliphatic rings. The first-order valence-electron chi connectivity index (χ1n) is 10.6. The fourth-order valence-corrected chi connectivity index (χ4v) is 4.68. The first-order valence-corrected chi connectivity index (χ1v) is 12.2. The van der Waals surface area contributed by atoms with Crippen molar-refractivity contribution in [3.8, 4) is 5.75 Å². The molecule has 0 saturated carbocycles. The summed E-state index contributed by atoms with van der Waals surface area (Å²) < 4.78 is 32.3. The molecule has 0 atom stereocenters. The highest BCUT2D eigenvalue weighted by Crippen LogP contribution is 2.18. The fourth-order valence-electron chi connectivity index (χ4n) is 3.57. The van der Waals surface area contributed by atoms with Gasteiger partial charge in [0.2, 0.25) is 10.0 Å². The molecule has 2 aromatic carbocycles. The van der Waals surface area contributed by atoms with Crippen LogP contribution in [0.3, 0.4) is 0 Å². The minimum atomic E-state index is -3.27. The highest BCUT2D eigenvalue weighted by atomic mass is 32.2. The van der Waals surface area contributed by atoms with Gasteiger partial charge in [-0.05, 0) is 61.7 Å². The van der Waals surface area contributed by atoms with Gasteiger partial charge in [0.05, 0.1) is 12.9 Å². The van der Waals surface area contributed by atoms with Crippen LogP contribution < -0.4 is 14.4 Å². The molecule has 3 rings (SSSR count). The van der Waals surface area contributed by atoms with E-state index >= 15 is 0 Å². The second-order valence-corrected chi connectivity index (χ2v) is 9.80. The Balaban J connectivity index is 1.37. The summed E-state index contributed by atoms with van der Waals surface area (Å²) >= 11 is 0. The van der Waals surface area contributed by atoms with Crippen molar-refractivity contribution in [3.63, 3.8) is 0 Å². The molecule has 7 heteroatoms. The average molecular weight is 432 g/mol. The Kier molecular flexibility index (Phi) is 8.13. The van der Waals surface area contributed by atoms with Crippen LogP contribution in [0.4, 0.5) is 5.69 Å². The number of benzene rings is 2. The second kappa shape index (κ2) is 10.8. The van der Waals surface area contributed by atoms with Crippen LogP contribution in [0, 0.1) is 0 Å². The normalized spacial score (nSPS) is 15.3. The summed E-state index contributed by atoms with van der Waals surface area (Å²) in [4.78, 5) is 4.77. The molecule has 0 aliphatic carbocycles. The third-order valence-electron chi connectivity index (χ3n) is 5.59. The first kappa shape index (κ1) is 22.6. The van der Waals surface area contributed by atoms with E-state index in [1.807, 2.05) is 24.3 Å². The maximum absolute atomic E-state index is 12.2. The van der Waals surface area contributed by atoms with Crippen LogP contribution in [0.25, 0.3) is 0 Å². The molecule has 1 heterocycles. The van der Waals surface area contributed by atoms with Gasteiger partial charge in [0.25, 0.3) is 0 Å². The summed E-state index contributed by atoms with van der Waals surface area (Å²) in [7, 11) is 0.509. The largest absolute Gasteiger partial charge is 0.497 e. The number of anilines is 1. The molecule has 0 bridgehead atoms. The molecule has 0 amide bonds. The van der Waals surface area contributed by atoms with E-state index in [2.05, 4.69) is 45.8 Å². The van der Waals surface area contributed by atoms with E-state index in [9.17, 15) is 8.42 Å². The lowest BCUT2D eigenvalue weighted by Crippen LogP contribution is -2.44. The lowest BCUT2D eigenvalue weighted by atomic mass is 10.1. The molecular formula is C23H33N3O3S. The van der Waals surface area contributed by atoms with Crippen molar-refractivity contribution in [3.05, 3.63) is 59.7 Å². The highest BCUT2D eigenvalue weighted by Gasteiger charge is 2.14. The Morgan fingerprint density at radius 1 is 0.900 bits per heavy atom. The molecule has 30 heavy (non-hydrogen) atoms. The predicted molar refractivity (Wildman–Crippen MR) is 123 cm³/mol. The molecule has 6 nitrogen and oxygen atoms in total. The number of aryl methyl sites for hydroxylation is 2. The molecule has 1 fully saturated rings. The molecule has 1 N–H and O–H groups in total. The van der Waals surface area contributed by atoms with Gasteiger partial charge in [0.15, 0.2) is 0 Å². The molecule has 1 saturated heterocycles. The average Bonchev–Trinajstić information content (AvgIpc) is 2.77. The fraction of sp³-hybridized carbons (Fsp3) is 0.478. The zero-order chi connectivity index (χ0) is 21.4. The summed E-state index contributed by atoms with van der Waals surface area (Å²) in [6.45, 7) is 4.79. The van der Waals surface area contributed by atoms with E-state index in [0.29, 0.717) is 13.0 Å². The topological polar surface area (TPSA) is 61.9 Å². The third kappa shape index (κ3) is 7.00. The van der Waals surface area contributed by atoms with Crippen LogP contribution in [-0.2, 0) is 22.9 Å². The Hall–Kier alpha value is -2.09. The maximum atomic E-state index is 12.2. The van der Waals surface area contributed by atoms with Crippen LogP contribution in [0.1, 0.15) is 17.5 Å². The summed E-state index contributed by atoms with van der Waals surface area (Å²) in [6.07, 6.45) is 2.15.